The molecule has 1 aliphatic carbocycles. The van der Waals surface area contributed by atoms with Crippen molar-refractivity contribution in [3.8, 4) is 5.69 Å². The highest BCUT2D eigenvalue weighted by Gasteiger charge is 2.22. The van der Waals surface area contributed by atoms with Gasteiger partial charge in [-0.2, -0.15) is 0 Å². The number of fused-ring (bicyclic) bond motifs is 1. The fourth-order valence-corrected chi connectivity index (χ4v) is 5.71. The van der Waals surface area contributed by atoms with Gasteiger partial charge in [-0.3, -0.25) is 9.36 Å². The molecule has 7 nitrogen and oxygen atoms in total. The molecule has 1 aliphatic rings. The monoisotopic (exact) mass is 470 g/mol. The van der Waals surface area contributed by atoms with Gasteiger partial charge in [-0.1, -0.05) is 36.0 Å². The first-order chi connectivity index (χ1) is 15.4. The van der Waals surface area contributed by atoms with Crippen LogP contribution < -0.4 is 10.0 Å². The normalized spacial score (nSPS) is 13.6. The Labute approximate surface area is 192 Å². The minimum Gasteiger partial charge on any atom is -0.325 e. The van der Waals surface area contributed by atoms with Gasteiger partial charge in [0.25, 0.3) is 0 Å². The second kappa shape index (κ2) is 9.48. The molecule has 168 valence electrons. The molecule has 0 unspecified atom stereocenters. The second-order valence-electron chi connectivity index (χ2n) is 7.69. The molecule has 0 atom stereocenters. The van der Waals surface area contributed by atoms with Crippen LogP contribution in [0.15, 0.2) is 58.6 Å². The van der Waals surface area contributed by atoms with Crippen molar-refractivity contribution < 1.29 is 13.2 Å². The van der Waals surface area contributed by atoms with E-state index < -0.39 is 10.0 Å². The van der Waals surface area contributed by atoms with Crippen molar-refractivity contribution in [1.29, 1.82) is 0 Å². The molecule has 1 heterocycles. The van der Waals surface area contributed by atoms with Gasteiger partial charge in [-0.15, -0.1) is 0 Å². The van der Waals surface area contributed by atoms with Crippen molar-refractivity contribution in [3.05, 3.63) is 65.5 Å². The highest BCUT2D eigenvalue weighted by atomic mass is 32.2. The highest BCUT2D eigenvalue weighted by molar-refractivity contribution is 7.99. The molecule has 0 bridgehead atoms. The third-order valence-electron chi connectivity index (χ3n) is 5.48. The zero-order chi connectivity index (χ0) is 22.7. The maximum Gasteiger partial charge on any atom is 0.240 e. The largest absolute Gasteiger partial charge is 0.325 e. The molecule has 4 rings (SSSR count). The summed E-state index contributed by atoms with van der Waals surface area (Å²) >= 11 is 1.39. The summed E-state index contributed by atoms with van der Waals surface area (Å²) in [7, 11) is -2.23. The van der Waals surface area contributed by atoms with Crippen LogP contribution >= 0.6 is 11.8 Å². The van der Waals surface area contributed by atoms with Gasteiger partial charge in [-0.05, 0) is 69.5 Å². The number of carbonyl (C=O) groups excluding carboxylic acids is 1. The summed E-state index contributed by atoms with van der Waals surface area (Å²) in [5.74, 6) is -0.0442. The number of para-hydroxylation sites is 1. The van der Waals surface area contributed by atoms with Crippen molar-refractivity contribution in [1.82, 2.24) is 14.3 Å². The third-order valence-corrected chi connectivity index (χ3v) is 7.97. The first-order valence-corrected chi connectivity index (χ1v) is 13.0. The smallest absolute Gasteiger partial charge is 0.240 e. The summed E-state index contributed by atoms with van der Waals surface area (Å²) in [6, 6.07) is 15.0. The fraction of sp³-hybridized carbons (Fsp3) is 0.304. The number of aromatic nitrogens is 2. The van der Waals surface area contributed by atoms with Gasteiger partial charge in [0.2, 0.25) is 15.9 Å². The summed E-state index contributed by atoms with van der Waals surface area (Å²) in [6.45, 7) is 1.72. The molecule has 2 aromatic carbocycles. The molecule has 9 heteroatoms. The van der Waals surface area contributed by atoms with Crippen molar-refractivity contribution in [2.24, 2.45) is 0 Å². The van der Waals surface area contributed by atoms with Gasteiger partial charge >= 0.3 is 0 Å². The van der Waals surface area contributed by atoms with Crippen LogP contribution in [-0.4, -0.2) is 36.7 Å². The molecule has 0 aliphatic heterocycles. The van der Waals surface area contributed by atoms with Crippen LogP contribution in [-0.2, 0) is 27.7 Å². The summed E-state index contributed by atoms with van der Waals surface area (Å²) in [4.78, 5) is 17.6. The molecule has 0 radical (unpaired) electrons. The number of thioether (sulfide) groups is 1. The van der Waals surface area contributed by atoms with Crippen molar-refractivity contribution in [2.75, 3.05) is 18.1 Å². The number of aryl methyl sites for hydroxylation is 2. The van der Waals surface area contributed by atoms with E-state index in [-0.39, 0.29) is 16.6 Å². The van der Waals surface area contributed by atoms with E-state index in [0.717, 1.165) is 42.2 Å². The molecular weight excluding hydrogens is 444 g/mol. The standard InChI is InChI=1S/C23H26N4O3S2/c1-16-12-13-17(14-21(16)32(29,30)24-2)25-22(28)15-31-23-26-19-10-6-7-11-20(19)27(23)18-8-4-3-5-9-18/h3-5,8-9,12-14,24H,6-7,10-11,15H2,1-2H3,(H,25,28). The number of hydrogen-bond donors (Lipinski definition) is 2. The molecule has 1 aromatic heterocycles. The fourth-order valence-electron chi connectivity index (χ4n) is 3.86. The molecule has 0 spiro atoms. The number of hydrogen-bond acceptors (Lipinski definition) is 5. The molecule has 0 saturated carbocycles. The van der Waals surface area contributed by atoms with Crippen molar-refractivity contribution in [2.45, 2.75) is 42.7 Å². The lowest BCUT2D eigenvalue weighted by Crippen LogP contribution is -2.20. The van der Waals surface area contributed by atoms with E-state index in [1.165, 1.54) is 30.6 Å². The molecule has 0 fully saturated rings. The average molecular weight is 471 g/mol. The van der Waals surface area contributed by atoms with Gasteiger partial charge in [0.1, 0.15) is 0 Å². The maximum absolute atomic E-state index is 12.7. The van der Waals surface area contributed by atoms with Crippen LogP contribution in [0.5, 0.6) is 0 Å². The summed E-state index contributed by atoms with van der Waals surface area (Å²) < 4.78 is 28.9. The van der Waals surface area contributed by atoms with E-state index in [1.54, 1.807) is 19.1 Å². The van der Waals surface area contributed by atoms with E-state index in [4.69, 9.17) is 4.98 Å². The Kier molecular flexibility index (Phi) is 6.68. The van der Waals surface area contributed by atoms with Gasteiger partial charge in [0.15, 0.2) is 5.16 Å². The van der Waals surface area contributed by atoms with E-state index in [0.29, 0.717) is 11.3 Å². The second-order valence-corrected chi connectivity index (χ2v) is 10.5. The molecular formula is C23H26N4O3S2. The van der Waals surface area contributed by atoms with Crippen LogP contribution in [0.1, 0.15) is 29.8 Å². The Hall–Kier alpha value is -2.62. The predicted molar refractivity (Wildman–Crippen MR) is 127 cm³/mol. The number of nitrogens with zero attached hydrogens (tertiary/aromatic N) is 2. The van der Waals surface area contributed by atoms with Gasteiger partial charge in [0, 0.05) is 17.1 Å². The van der Waals surface area contributed by atoms with E-state index >= 15 is 0 Å². The van der Waals surface area contributed by atoms with Crippen LogP contribution in [0.3, 0.4) is 0 Å². The number of sulfonamides is 1. The summed E-state index contributed by atoms with van der Waals surface area (Å²) in [5, 5.41) is 3.61. The van der Waals surface area contributed by atoms with Crippen molar-refractivity contribution in [3.63, 3.8) is 0 Å². The average Bonchev–Trinajstić information content (AvgIpc) is 3.18. The minimum absolute atomic E-state index is 0.151. The van der Waals surface area contributed by atoms with Crippen LogP contribution in [0, 0.1) is 6.92 Å². The number of nitrogens with one attached hydrogen (secondary N) is 2. The minimum atomic E-state index is -3.60. The molecule has 32 heavy (non-hydrogen) atoms. The number of benzene rings is 2. The number of carbonyl (C=O) groups is 1. The van der Waals surface area contributed by atoms with Gasteiger partial charge in [0.05, 0.1) is 16.3 Å². The van der Waals surface area contributed by atoms with Crippen LogP contribution in [0.25, 0.3) is 5.69 Å². The predicted octanol–water partition coefficient (Wildman–Crippen LogP) is 3.70. The van der Waals surface area contributed by atoms with E-state index in [2.05, 4.69) is 26.7 Å². The van der Waals surface area contributed by atoms with Gasteiger partial charge < -0.3 is 5.32 Å². The first-order valence-electron chi connectivity index (χ1n) is 10.5. The Morgan fingerprint density at radius 1 is 1.12 bits per heavy atom. The number of rotatable bonds is 7. The van der Waals surface area contributed by atoms with E-state index in [9.17, 15) is 13.2 Å². The number of anilines is 1. The quantitative estimate of drug-likeness (QED) is 0.514. The zero-order valence-electron chi connectivity index (χ0n) is 18.1. The van der Waals surface area contributed by atoms with Crippen molar-refractivity contribution >= 4 is 33.4 Å². The molecule has 0 saturated heterocycles. The zero-order valence-corrected chi connectivity index (χ0v) is 19.7. The lowest BCUT2D eigenvalue weighted by atomic mass is 10.0. The van der Waals surface area contributed by atoms with E-state index in [1.807, 2.05) is 18.2 Å². The third kappa shape index (κ3) is 4.74. The maximum atomic E-state index is 12.7. The summed E-state index contributed by atoms with van der Waals surface area (Å²) in [5.41, 5.74) is 4.45. The Morgan fingerprint density at radius 3 is 2.62 bits per heavy atom. The lowest BCUT2D eigenvalue weighted by Gasteiger charge is -2.15. The summed E-state index contributed by atoms with van der Waals surface area (Å²) in [6.07, 6.45) is 4.22. The van der Waals surface area contributed by atoms with Gasteiger partial charge in [-0.25, -0.2) is 18.1 Å². The number of imidazole rings is 1. The topological polar surface area (TPSA) is 93.1 Å². The Bertz CT molecular complexity index is 1240. The van der Waals surface area contributed by atoms with Crippen LogP contribution in [0.4, 0.5) is 5.69 Å². The lowest BCUT2D eigenvalue weighted by molar-refractivity contribution is -0.113. The Balaban J connectivity index is 1.52. The first kappa shape index (κ1) is 22.6. The highest BCUT2D eigenvalue weighted by Crippen LogP contribution is 2.30. The SMILES string of the molecule is CNS(=O)(=O)c1cc(NC(=O)CSc2nc3c(n2-c2ccccc2)CCCC3)ccc1C. The molecule has 2 N–H and O–H groups in total. The Morgan fingerprint density at radius 2 is 1.88 bits per heavy atom. The molecule has 1 amide bonds. The number of amides is 1. The van der Waals surface area contributed by atoms with Crippen LogP contribution in [0.2, 0.25) is 0 Å². The molecule has 3 aromatic rings.